The predicted octanol–water partition coefficient (Wildman–Crippen LogP) is 3.68. The van der Waals surface area contributed by atoms with E-state index in [0.29, 0.717) is 17.1 Å². The van der Waals surface area contributed by atoms with Crippen LogP contribution in [0.2, 0.25) is 0 Å². The van der Waals surface area contributed by atoms with Gasteiger partial charge in [-0.25, -0.2) is 4.79 Å². The summed E-state index contributed by atoms with van der Waals surface area (Å²) < 4.78 is 5.81. The second-order valence-electron chi connectivity index (χ2n) is 4.05. The van der Waals surface area contributed by atoms with Crippen molar-refractivity contribution in [3.63, 3.8) is 0 Å². The molecule has 104 valence electrons. The number of carbonyl (C=O) groups excluding carboxylic acids is 1. The summed E-state index contributed by atoms with van der Waals surface area (Å²) in [4.78, 5) is 11.9. The smallest absolute Gasteiger partial charge is 0.323 e. The number of urea groups is 1. The molecule has 0 radical (unpaired) electrons. The van der Waals surface area contributed by atoms with E-state index >= 15 is 0 Å². The number of anilines is 3. The molecular weight excluding hydrogens is 322 g/mol. The minimum atomic E-state index is -0.346. The lowest BCUT2D eigenvalue weighted by molar-refractivity contribution is 0.262. The highest BCUT2D eigenvalue weighted by atomic mass is 79.9. The van der Waals surface area contributed by atoms with Crippen molar-refractivity contribution in [3.05, 3.63) is 46.9 Å². The number of ether oxygens (including phenoxy) is 1. The fraction of sp³-hybridized carbons (Fsp3) is 0.0714. The average Bonchev–Trinajstić information content (AvgIpc) is 2.43. The largest absolute Gasteiger partial charge is 0.497 e. The molecule has 20 heavy (non-hydrogen) atoms. The third-order valence-electron chi connectivity index (χ3n) is 2.59. The van der Waals surface area contributed by atoms with Gasteiger partial charge in [-0.15, -0.1) is 0 Å². The summed E-state index contributed by atoms with van der Waals surface area (Å²) in [6.45, 7) is 0. The Morgan fingerprint density at radius 1 is 1.15 bits per heavy atom. The van der Waals surface area contributed by atoms with Gasteiger partial charge in [0.1, 0.15) is 5.75 Å². The highest BCUT2D eigenvalue weighted by Crippen LogP contribution is 2.25. The van der Waals surface area contributed by atoms with Crippen LogP contribution in [0.25, 0.3) is 0 Å². The molecule has 0 aliphatic rings. The molecule has 2 aromatic carbocycles. The molecule has 4 N–H and O–H groups in total. The summed E-state index contributed by atoms with van der Waals surface area (Å²) in [5, 5.41) is 5.44. The van der Waals surface area contributed by atoms with Crippen molar-refractivity contribution in [2.45, 2.75) is 0 Å². The molecule has 2 amide bonds. The van der Waals surface area contributed by atoms with Crippen LogP contribution < -0.4 is 21.1 Å². The number of hydrogen-bond donors (Lipinski definition) is 3. The number of nitrogens with two attached hydrogens (primary N) is 1. The standard InChI is InChI=1S/C14H14BrN3O2/c1-20-11-5-3-10(4-6-11)17-14(19)18-13-8-9(16)2-7-12(13)15/h2-8H,16H2,1H3,(H2,17,18,19). The highest BCUT2D eigenvalue weighted by Gasteiger charge is 2.06. The van der Waals surface area contributed by atoms with Crippen molar-refractivity contribution >= 4 is 39.0 Å². The SMILES string of the molecule is COc1ccc(NC(=O)Nc2cc(N)ccc2Br)cc1. The summed E-state index contributed by atoms with van der Waals surface area (Å²) in [5.74, 6) is 0.731. The van der Waals surface area contributed by atoms with Crippen LogP contribution in [0.4, 0.5) is 21.9 Å². The Bertz CT molecular complexity index is 614. The number of benzene rings is 2. The lowest BCUT2D eigenvalue weighted by Crippen LogP contribution is -2.19. The molecule has 0 spiro atoms. The van der Waals surface area contributed by atoms with E-state index in [4.69, 9.17) is 10.5 Å². The molecule has 0 bridgehead atoms. The fourth-order valence-electron chi connectivity index (χ4n) is 1.60. The van der Waals surface area contributed by atoms with Crippen LogP contribution in [0.15, 0.2) is 46.9 Å². The molecule has 0 saturated heterocycles. The van der Waals surface area contributed by atoms with E-state index in [1.165, 1.54) is 0 Å². The second kappa shape index (κ2) is 6.29. The van der Waals surface area contributed by atoms with E-state index in [2.05, 4.69) is 26.6 Å². The summed E-state index contributed by atoms with van der Waals surface area (Å²) in [7, 11) is 1.59. The Morgan fingerprint density at radius 3 is 2.50 bits per heavy atom. The Balaban J connectivity index is 2.03. The van der Waals surface area contributed by atoms with Gasteiger partial charge in [-0.2, -0.15) is 0 Å². The van der Waals surface area contributed by atoms with Crippen LogP contribution >= 0.6 is 15.9 Å². The molecule has 0 aromatic heterocycles. The third kappa shape index (κ3) is 3.64. The zero-order valence-electron chi connectivity index (χ0n) is 10.8. The van der Waals surface area contributed by atoms with Gasteiger partial charge in [0.25, 0.3) is 0 Å². The molecule has 0 heterocycles. The number of halogens is 1. The Hall–Kier alpha value is -2.21. The van der Waals surface area contributed by atoms with Gasteiger partial charge in [0.05, 0.1) is 12.8 Å². The van der Waals surface area contributed by atoms with Crippen LogP contribution in [0.1, 0.15) is 0 Å². The Labute approximate surface area is 125 Å². The number of nitrogens with one attached hydrogen (secondary N) is 2. The summed E-state index contributed by atoms with van der Waals surface area (Å²) >= 11 is 3.35. The molecule has 5 nitrogen and oxygen atoms in total. The summed E-state index contributed by atoms with van der Waals surface area (Å²) in [5.41, 5.74) is 7.54. The van der Waals surface area contributed by atoms with Crippen molar-refractivity contribution in [1.82, 2.24) is 0 Å². The zero-order valence-corrected chi connectivity index (χ0v) is 12.4. The van der Waals surface area contributed by atoms with Crippen molar-refractivity contribution in [3.8, 4) is 5.75 Å². The van der Waals surface area contributed by atoms with E-state index in [1.807, 2.05) is 0 Å². The maximum atomic E-state index is 11.9. The van der Waals surface area contributed by atoms with Crippen LogP contribution in [-0.4, -0.2) is 13.1 Å². The van der Waals surface area contributed by atoms with E-state index in [0.717, 1.165) is 10.2 Å². The number of hydrogen-bond acceptors (Lipinski definition) is 3. The first-order valence-electron chi connectivity index (χ1n) is 5.85. The average molecular weight is 336 g/mol. The van der Waals surface area contributed by atoms with E-state index in [1.54, 1.807) is 49.6 Å². The minimum absolute atomic E-state index is 0.346. The number of carbonyl (C=O) groups is 1. The van der Waals surface area contributed by atoms with Gasteiger partial charge in [0.2, 0.25) is 0 Å². The monoisotopic (exact) mass is 335 g/mol. The molecule has 2 rings (SSSR count). The van der Waals surface area contributed by atoms with Crippen molar-refractivity contribution in [1.29, 1.82) is 0 Å². The van der Waals surface area contributed by atoms with E-state index in [9.17, 15) is 4.79 Å². The molecule has 0 aliphatic carbocycles. The van der Waals surface area contributed by atoms with Gasteiger partial charge in [0.15, 0.2) is 0 Å². The van der Waals surface area contributed by atoms with Crippen LogP contribution in [0, 0.1) is 0 Å². The fourth-order valence-corrected chi connectivity index (χ4v) is 1.94. The van der Waals surface area contributed by atoms with Gasteiger partial charge >= 0.3 is 6.03 Å². The minimum Gasteiger partial charge on any atom is -0.497 e. The lowest BCUT2D eigenvalue weighted by atomic mass is 10.3. The number of rotatable bonds is 3. The van der Waals surface area contributed by atoms with Crippen molar-refractivity contribution in [2.24, 2.45) is 0 Å². The van der Waals surface area contributed by atoms with Crippen LogP contribution in [-0.2, 0) is 0 Å². The van der Waals surface area contributed by atoms with E-state index < -0.39 is 0 Å². The van der Waals surface area contributed by atoms with E-state index in [-0.39, 0.29) is 6.03 Å². The molecular formula is C14H14BrN3O2. The molecule has 0 aliphatic heterocycles. The highest BCUT2D eigenvalue weighted by molar-refractivity contribution is 9.10. The quantitative estimate of drug-likeness (QED) is 0.748. The number of amides is 2. The number of nitrogen functional groups attached to an aromatic ring is 1. The first-order valence-corrected chi connectivity index (χ1v) is 6.65. The molecule has 0 unspecified atom stereocenters. The second-order valence-corrected chi connectivity index (χ2v) is 4.90. The molecule has 0 atom stereocenters. The maximum absolute atomic E-state index is 11.9. The predicted molar refractivity (Wildman–Crippen MR) is 84.2 cm³/mol. The van der Waals surface area contributed by atoms with Gasteiger partial charge in [-0.1, -0.05) is 0 Å². The summed E-state index contributed by atoms with van der Waals surface area (Å²) in [6, 6.07) is 11.9. The van der Waals surface area contributed by atoms with Gasteiger partial charge in [0, 0.05) is 15.8 Å². The molecule has 2 aromatic rings. The van der Waals surface area contributed by atoms with Gasteiger partial charge < -0.3 is 21.1 Å². The first-order chi connectivity index (χ1) is 9.58. The normalized spacial score (nSPS) is 9.90. The van der Waals surface area contributed by atoms with Crippen molar-refractivity contribution < 1.29 is 9.53 Å². The zero-order chi connectivity index (χ0) is 14.5. The Kier molecular flexibility index (Phi) is 4.47. The van der Waals surface area contributed by atoms with Gasteiger partial charge in [-0.3, -0.25) is 0 Å². The maximum Gasteiger partial charge on any atom is 0.323 e. The van der Waals surface area contributed by atoms with Crippen LogP contribution in [0.5, 0.6) is 5.75 Å². The molecule has 0 saturated carbocycles. The molecule has 6 heteroatoms. The third-order valence-corrected chi connectivity index (χ3v) is 3.28. The van der Waals surface area contributed by atoms with Crippen LogP contribution in [0.3, 0.4) is 0 Å². The first kappa shape index (κ1) is 14.2. The number of methoxy groups -OCH3 is 1. The van der Waals surface area contributed by atoms with Crippen molar-refractivity contribution in [2.75, 3.05) is 23.5 Å². The molecule has 0 fully saturated rings. The Morgan fingerprint density at radius 2 is 1.85 bits per heavy atom. The lowest BCUT2D eigenvalue weighted by Gasteiger charge is -2.10. The topological polar surface area (TPSA) is 76.4 Å². The summed E-state index contributed by atoms with van der Waals surface area (Å²) in [6.07, 6.45) is 0. The van der Waals surface area contributed by atoms with Gasteiger partial charge in [-0.05, 0) is 58.4 Å².